The van der Waals surface area contributed by atoms with Crippen molar-refractivity contribution in [3.63, 3.8) is 0 Å². The molecule has 2 N–H and O–H groups in total. The molecular formula is C13H23N5O3. The highest BCUT2D eigenvalue weighted by atomic mass is 16.5. The zero-order valence-electron chi connectivity index (χ0n) is 12.9. The number of hydrogen-bond acceptors (Lipinski definition) is 5. The van der Waals surface area contributed by atoms with Gasteiger partial charge >= 0.3 is 6.03 Å². The van der Waals surface area contributed by atoms with Crippen LogP contribution in [0.1, 0.15) is 32.1 Å². The van der Waals surface area contributed by atoms with E-state index in [1.807, 2.05) is 20.9 Å². The molecule has 1 aliphatic carbocycles. The van der Waals surface area contributed by atoms with Crippen LogP contribution in [0.5, 0.6) is 0 Å². The average molecular weight is 297 g/mol. The fourth-order valence-electron chi connectivity index (χ4n) is 2.57. The number of nitrogens with one attached hydrogen (secondary N) is 2. The van der Waals surface area contributed by atoms with Crippen molar-refractivity contribution in [1.82, 2.24) is 25.4 Å². The van der Waals surface area contributed by atoms with Crippen LogP contribution in [0, 0.1) is 0 Å². The largest absolute Gasteiger partial charge is 0.377 e. The molecule has 0 aliphatic heterocycles. The van der Waals surface area contributed by atoms with Crippen LogP contribution < -0.4 is 10.6 Å². The number of ether oxygens (including phenoxy) is 2. The van der Waals surface area contributed by atoms with Crippen LogP contribution in [0.15, 0.2) is 6.33 Å². The first kappa shape index (κ1) is 15.7. The fourth-order valence-corrected chi connectivity index (χ4v) is 2.57. The second kappa shape index (κ2) is 6.86. The molecule has 2 rings (SSSR count). The van der Waals surface area contributed by atoms with Crippen LogP contribution in [0.25, 0.3) is 0 Å². The molecule has 8 nitrogen and oxygen atoms in total. The number of aromatic nitrogens is 3. The first-order valence-electron chi connectivity index (χ1n) is 7.12. The van der Waals surface area contributed by atoms with Gasteiger partial charge in [-0.3, -0.25) is 0 Å². The number of amides is 2. The smallest absolute Gasteiger partial charge is 0.315 e. The second-order valence-corrected chi connectivity index (χ2v) is 5.18. The summed E-state index contributed by atoms with van der Waals surface area (Å²) in [5, 5.41) is 13.5. The Bertz CT molecular complexity index is 478. The molecule has 2 amide bonds. The van der Waals surface area contributed by atoms with Crippen molar-refractivity contribution in [2.24, 2.45) is 7.05 Å². The predicted octanol–water partition coefficient (Wildman–Crippen LogP) is 0.368. The van der Waals surface area contributed by atoms with Gasteiger partial charge in [-0.15, -0.1) is 10.2 Å². The fraction of sp³-hybridized carbons (Fsp3) is 0.769. The highest BCUT2D eigenvalue weighted by molar-refractivity contribution is 5.74. The third-order valence-electron chi connectivity index (χ3n) is 3.70. The van der Waals surface area contributed by atoms with Crippen LogP contribution in [-0.4, -0.2) is 52.8 Å². The van der Waals surface area contributed by atoms with E-state index >= 15 is 0 Å². The van der Waals surface area contributed by atoms with Crippen molar-refractivity contribution in [2.75, 3.05) is 13.7 Å². The minimum atomic E-state index is -0.243. The zero-order valence-corrected chi connectivity index (χ0v) is 12.9. The van der Waals surface area contributed by atoms with Gasteiger partial charge in [-0.1, -0.05) is 0 Å². The molecular weight excluding hydrogens is 274 g/mol. The molecule has 0 bridgehead atoms. The molecule has 0 spiro atoms. The van der Waals surface area contributed by atoms with E-state index in [1.165, 1.54) is 0 Å². The van der Waals surface area contributed by atoms with E-state index in [1.54, 1.807) is 18.0 Å². The molecule has 1 aromatic heterocycles. The molecule has 1 heterocycles. The lowest BCUT2D eigenvalue weighted by molar-refractivity contribution is -0.128. The van der Waals surface area contributed by atoms with E-state index in [0.29, 0.717) is 12.4 Å². The molecule has 1 aliphatic rings. The molecule has 0 aromatic carbocycles. The van der Waals surface area contributed by atoms with E-state index in [-0.39, 0.29) is 30.3 Å². The van der Waals surface area contributed by atoms with Crippen LogP contribution >= 0.6 is 0 Å². The van der Waals surface area contributed by atoms with Gasteiger partial charge in [-0.2, -0.15) is 0 Å². The molecule has 1 fully saturated rings. The Morgan fingerprint density at radius 3 is 2.95 bits per heavy atom. The van der Waals surface area contributed by atoms with Crippen LogP contribution in [0.2, 0.25) is 0 Å². The van der Waals surface area contributed by atoms with E-state index < -0.39 is 0 Å². The normalized spacial score (nSPS) is 26.0. The highest BCUT2D eigenvalue weighted by Crippen LogP contribution is 2.26. The van der Waals surface area contributed by atoms with Gasteiger partial charge in [0.15, 0.2) is 5.82 Å². The lowest BCUT2D eigenvalue weighted by atomic mass is 9.85. The van der Waals surface area contributed by atoms with E-state index in [2.05, 4.69) is 20.8 Å². The van der Waals surface area contributed by atoms with Gasteiger partial charge < -0.3 is 24.7 Å². The van der Waals surface area contributed by atoms with Crippen molar-refractivity contribution in [3.05, 3.63) is 12.2 Å². The summed E-state index contributed by atoms with van der Waals surface area (Å²) in [5.41, 5.74) is 0. The quantitative estimate of drug-likeness (QED) is 0.791. The average Bonchev–Trinajstić information content (AvgIpc) is 2.84. The maximum Gasteiger partial charge on any atom is 0.315 e. The van der Waals surface area contributed by atoms with Gasteiger partial charge in [0.1, 0.15) is 12.4 Å². The zero-order chi connectivity index (χ0) is 15.4. The minimum absolute atomic E-state index is 0.0294. The summed E-state index contributed by atoms with van der Waals surface area (Å²) in [7, 11) is 3.47. The van der Waals surface area contributed by atoms with Crippen LogP contribution in [-0.2, 0) is 16.5 Å². The van der Waals surface area contributed by atoms with E-state index in [4.69, 9.17) is 9.47 Å². The molecule has 4 atom stereocenters. The minimum Gasteiger partial charge on any atom is -0.377 e. The Morgan fingerprint density at radius 2 is 2.38 bits per heavy atom. The Hall–Kier alpha value is -1.67. The summed E-state index contributed by atoms with van der Waals surface area (Å²) in [6, 6.07) is -0.494. The standard InChI is InChI=1S/C13H23N5O3/c1-5-21-10-6-9(11(10)20-4)16-13(19)15-8(2)12-17-14-7-18(12)3/h7-11H,5-6H2,1-4H3,(H2,15,16,19)/t8-,9+,10-,11-/m1/s1. The van der Waals surface area contributed by atoms with Crippen molar-refractivity contribution in [3.8, 4) is 0 Å². The van der Waals surface area contributed by atoms with Crippen molar-refractivity contribution < 1.29 is 14.3 Å². The molecule has 1 saturated carbocycles. The maximum absolute atomic E-state index is 12.0. The van der Waals surface area contributed by atoms with Crippen LogP contribution in [0.3, 0.4) is 0 Å². The molecule has 118 valence electrons. The van der Waals surface area contributed by atoms with Gasteiger partial charge in [-0.25, -0.2) is 4.79 Å². The number of rotatable bonds is 6. The number of methoxy groups -OCH3 is 1. The topological polar surface area (TPSA) is 90.3 Å². The molecule has 1 aromatic rings. The summed E-state index contributed by atoms with van der Waals surface area (Å²) in [6.45, 7) is 4.45. The van der Waals surface area contributed by atoms with Crippen molar-refractivity contribution in [2.45, 2.75) is 44.6 Å². The van der Waals surface area contributed by atoms with Crippen LogP contribution in [0.4, 0.5) is 4.79 Å². The lowest BCUT2D eigenvalue weighted by Crippen LogP contribution is -2.62. The number of carbonyl (C=O) groups is 1. The SMILES string of the molecule is CCO[C@@H]1C[C@H](NC(=O)N[C@H](C)c2nncn2C)[C@H]1OC. The van der Waals surface area contributed by atoms with Crippen molar-refractivity contribution in [1.29, 1.82) is 0 Å². The summed E-state index contributed by atoms with van der Waals surface area (Å²) >= 11 is 0. The number of nitrogens with zero attached hydrogens (tertiary/aromatic N) is 3. The summed E-state index contributed by atoms with van der Waals surface area (Å²) in [4.78, 5) is 12.0. The Labute approximate surface area is 124 Å². The van der Waals surface area contributed by atoms with E-state index in [9.17, 15) is 4.79 Å². The summed E-state index contributed by atoms with van der Waals surface area (Å²) in [6.07, 6.45) is 2.32. The third kappa shape index (κ3) is 3.51. The summed E-state index contributed by atoms with van der Waals surface area (Å²) < 4.78 is 12.7. The molecule has 8 heteroatoms. The Kier molecular flexibility index (Phi) is 5.13. The molecule has 0 radical (unpaired) electrons. The first-order valence-corrected chi connectivity index (χ1v) is 7.12. The van der Waals surface area contributed by atoms with Gasteiger partial charge in [-0.05, 0) is 20.3 Å². The maximum atomic E-state index is 12.0. The van der Waals surface area contributed by atoms with Gasteiger partial charge in [0, 0.05) is 20.8 Å². The number of carbonyl (C=O) groups excluding carboxylic acids is 1. The number of aryl methyl sites for hydroxylation is 1. The van der Waals surface area contributed by atoms with Crippen molar-refractivity contribution >= 4 is 6.03 Å². The number of hydrogen-bond donors (Lipinski definition) is 2. The Balaban J connectivity index is 1.81. The first-order chi connectivity index (χ1) is 10.1. The van der Waals surface area contributed by atoms with E-state index in [0.717, 1.165) is 6.42 Å². The highest BCUT2D eigenvalue weighted by Gasteiger charge is 2.43. The lowest BCUT2D eigenvalue weighted by Gasteiger charge is -2.43. The van der Waals surface area contributed by atoms with Gasteiger partial charge in [0.05, 0.1) is 18.2 Å². The molecule has 0 unspecified atom stereocenters. The monoisotopic (exact) mass is 297 g/mol. The van der Waals surface area contributed by atoms with Gasteiger partial charge in [0.2, 0.25) is 0 Å². The third-order valence-corrected chi connectivity index (χ3v) is 3.70. The number of urea groups is 1. The molecule has 21 heavy (non-hydrogen) atoms. The predicted molar refractivity (Wildman–Crippen MR) is 75.7 cm³/mol. The Morgan fingerprint density at radius 1 is 1.62 bits per heavy atom. The summed E-state index contributed by atoms with van der Waals surface area (Å²) in [5.74, 6) is 0.703. The second-order valence-electron chi connectivity index (χ2n) is 5.18. The molecule has 0 saturated heterocycles. The van der Waals surface area contributed by atoms with Gasteiger partial charge in [0.25, 0.3) is 0 Å².